The van der Waals surface area contributed by atoms with Gasteiger partial charge in [0, 0.05) is 55.1 Å². The average molecular weight is 752 g/mol. The van der Waals surface area contributed by atoms with E-state index in [2.05, 4.69) is 83.6 Å². The first-order valence-corrected chi connectivity index (χ1v) is 21.6. The van der Waals surface area contributed by atoms with Crippen LogP contribution in [0.5, 0.6) is 0 Å². The smallest absolute Gasteiger partial charge is 0.249 e. The highest BCUT2D eigenvalue weighted by Gasteiger charge is 2.35. The minimum atomic E-state index is -1.24. The molecule has 0 aliphatic heterocycles. The Morgan fingerprint density at radius 2 is 1.14 bits per heavy atom. The Labute approximate surface area is 315 Å². The van der Waals surface area contributed by atoms with Gasteiger partial charge in [-0.3, -0.25) is 14.4 Å². The van der Waals surface area contributed by atoms with Crippen molar-refractivity contribution in [1.29, 1.82) is 0 Å². The summed E-state index contributed by atoms with van der Waals surface area (Å²) in [6, 6.07) is 0. The highest BCUT2D eigenvalue weighted by Crippen LogP contribution is 2.25. The van der Waals surface area contributed by atoms with Gasteiger partial charge in [0.25, 0.3) is 0 Å². The largest absolute Gasteiger partial charge is 0.383 e. The molecule has 0 fully saturated rings. The van der Waals surface area contributed by atoms with Crippen molar-refractivity contribution in [2.75, 3.05) is 49.8 Å². The Morgan fingerprint density at radius 3 is 1.62 bits per heavy atom. The number of aliphatic hydroxyl groups excluding tert-OH is 1. The molecule has 0 radical (unpaired) electrons. The molecule has 0 aliphatic rings. The lowest BCUT2D eigenvalue weighted by molar-refractivity contribution is -0.141. The molecule has 0 spiro atoms. The van der Waals surface area contributed by atoms with Crippen LogP contribution < -0.4 is 16.0 Å². The van der Waals surface area contributed by atoms with Gasteiger partial charge < -0.3 is 25.8 Å². The molecule has 11 heteroatoms. The second-order valence-corrected chi connectivity index (χ2v) is 16.4. The lowest BCUT2D eigenvalue weighted by Crippen LogP contribution is -2.48. The molecule has 0 aromatic heterocycles. The van der Waals surface area contributed by atoms with E-state index in [0.717, 1.165) is 55.8 Å². The first-order valence-electron chi connectivity index (χ1n) is 17.7. The third-order valence-corrected chi connectivity index (χ3v) is 10.4. The molecular formula is C39H65N3O5S3. The Balaban J connectivity index is 3.79. The van der Waals surface area contributed by atoms with E-state index in [1.54, 1.807) is 47.2 Å². The molecule has 4 N–H and O–H groups in total. The van der Waals surface area contributed by atoms with Gasteiger partial charge in [0.1, 0.15) is 6.10 Å². The number of amides is 3. The van der Waals surface area contributed by atoms with E-state index in [-0.39, 0.29) is 37.0 Å². The zero-order valence-electron chi connectivity index (χ0n) is 31.4. The number of carbonyl (C=O) groups is 3. The van der Waals surface area contributed by atoms with E-state index >= 15 is 0 Å². The maximum absolute atomic E-state index is 12.4. The second-order valence-electron chi connectivity index (χ2n) is 12.9. The Kier molecular flexibility index (Phi) is 30.2. The number of aliphatic hydroxyl groups is 1. The van der Waals surface area contributed by atoms with Crippen molar-refractivity contribution in [3.05, 3.63) is 72.9 Å². The summed E-state index contributed by atoms with van der Waals surface area (Å²) < 4.78 is 5.94. The fourth-order valence-electron chi connectivity index (χ4n) is 4.06. The number of thioether (sulfide) groups is 1. The SMILES string of the molecule is CC/C=C\C/C=C\C/C=C\C/C=C\C/C=C\C/C=C\CC(=O)NCCSSCCNC(=O)CCNC(=O)[C@H](O)C(C)(C)COC(C)(C)CSC. The number of nitrogens with one attached hydrogen (secondary N) is 3. The summed E-state index contributed by atoms with van der Waals surface area (Å²) in [5, 5.41) is 18.9. The van der Waals surface area contributed by atoms with Crippen LogP contribution in [-0.4, -0.2) is 84.3 Å². The zero-order chi connectivity index (χ0) is 37.4. The summed E-state index contributed by atoms with van der Waals surface area (Å²) in [6.07, 6.45) is 32.7. The van der Waals surface area contributed by atoms with Crippen LogP contribution in [0.25, 0.3) is 0 Å². The first kappa shape index (κ1) is 47.8. The number of ether oxygens (including phenoxy) is 1. The quantitative estimate of drug-likeness (QED) is 0.0335. The van der Waals surface area contributed by atoms with Crippen LogP contribution >= 0.6 is 33.3 Å². The predicted molar refractivity (Wildman–Crippen MR) is 220 cm³/mol. The zero-order valence-corrected chi connectivity index (χ0v) is 33.9. The summed E-state index contributed by atoms with van der Waals surface area (Å²) >= 11 is 1.68. The molecular weight excluding hydrogens is 687 g/mol. The molecule has 0 aliphatic carbocycles. The lowest BCUT2D eigenvalue weighted by atomic mass is 9.86. The Bertz CT molecular complexity index is 1100. The van der Waals surface area contributed by atoms with Crippen molar-refractivity contribution in [3.63, 3.8) is 0 Å². The predicted octanol–water partition coefficient (Wildman–Crippen LogP) is 7.74. The molecule has 0 bridgehead atoms. The molecule has 8 nitrogen and oxygen atoms in total. The fraction of sp³-hybridized carbons (Fsp3) is 0.615. The molecule has 0 aromatic rings. The van der Waals surface area contributed by atoms with E-state index < -0.39 is 17.4 Å². The number of carbonyl (C=O) groups excluding carboxylic acids is 3. The van der Waals surface area contributed by atoms with Crippen LogP contribution in [0.3, 0.4) is 0 Å². The van der Waals surface area contributed by atoms with Crippen molar-refractivity contribution in [3.8, 4) is 0 Å². The number of allylic oxidation sites excluding steroid dienone is 11. The van der Waals surface area contributed by atoms with Crippen LogP contribution in [0.4, 0.5) is 0 Å². The Morgan fingerprint density at radius 1 is 0.680 bits per heavy atom. The Hall–Kier alpha value is -2.18. The van der Waals surface area contributed by atoms with Crippen LogP contribution in [0, 0.1) is 5.41 Å². The molecule has 50 heavy (non-hydrogen) atoms. The molecule has 0 rings (SSSR count). The fourth-order valence-corrected chi connectivity index (χ4v) is 6.65. The van der Waals surface area contributed by atoms with E-state index in [9.17, 15) is 19.5 Å². The summed E-state index contributed by atoms with van der Waals surface area (Å²) in [4.78, 5) is 36.6. The highest BCUT2D eigenvalue weighted by molar-refractivity contribution is 8.76. The van der Waals surface area contributed by atoms with Gasteiger partial charge in [-0.1, -0.05) is 115 Å². The van der Waals surface area contributed by atoms with Gasteiger partial charge in [0.15, 0.2) is 0 Å². The molecule has 284 valence electrons. The van der Waals surface area contributed by atoms with Crippen LogP contribution in [-0.2, 0) is 19.1 Å². The van der Waals surface area contributed by atoms with E-state index in [1.807, 2.05) is 32.3 Å². The molecule has 3 amide bonds. The van der Waals surface area contributed by atoms with Crippen molar-refractivity contribution in [2.45, 2.75) is 97.7 Å². The molecule has 0 saturated heterocycles. The van der Waals surface area contributed by atoms with Gasteiger partial charge in [-0.15, -0.1) is 0 Å². The standard InChI is InChI=1S/C39H65N3O5S3/c1-7-8-9-10-11-12-13-14-15-16-17-18-19-20-21-22-23-24-25-34(43)40-28-30-49-50-31-29-41-35(44)26-27-42-37(46)36(45)38(2,3)32-47-39(4,5)33-48-6/h8-9,11-12,14-15,17-18,20-21,23-24,36,45H,7,10,13,16,19,22,25-33H2,1-6H3,(H,40,43)(H,41,44)(H,42,46)/b9-8-,12-11-,15-14-,18-17-,21-20-,24-23-/t36-/m0/s1. The molecule has 1 atom stereocenters. The van der Waals surface area contributed by atoms with Crippen molar-refractivity contribution < 1.29 is 24.2 Å². The van der Waals surface area contributed by atoms with Crippen LogP contribution in [0.2, 0.25) is 0 Å². The summed E-state index contributed by atoms with van der Waals surface area (Å²) in [6.45, 7) is 11.2. The van der Waals surface area contributed by atoms with Gasteiger partial charge in [-0.2, -0.15) is 11.8 Å². The second kappa shape index (κ2) is 31.5. The van der Waals surface area contributed by atoms with Gasteiger partial charge in [0.05, 0.1) is 12.2 Å². The normalized spacial score (nSPS) is 13.5. The van der Waals surface area contributed by atoms with Gasteiger partial charge in [0.2, 0.25) is 17.7 Å². The van der Waals surface area contributed by atoms with Crippen LogP contribution in [0.15, 0.2) is 72.9 Å². The lowest BCUT2D eigenvalue weighted by Gasteiger charge is -2.34. The van der Waals surface area contributed by atoms with Gasteiger partial charge in [-0.25, -0.2) is 0 Å². The highest BCUT2D eigenvalue weighted by atomic mass is 33.1. The minimum absolute atomic E-state index is 0.00881. The molecule has 0 saturated carbocycles. The maximum atomic E-state index is 12.4. The first-order chi connectivity index (χ1) is 23.9. The van der Waals surface area contributed by atoms with Crippen molar-refractivity contribution in [1.82, 2.24) is 16.0 Å². The monoisotopic (exact) mass is 751 g/mol. The molecule has 0 heterocycles. The third kappa shape index (κ3) is 29.5. The van der Waals surface area contributed by atoms with Gasteiger partial charge >= 0.3 is 0 Å². The van der Waals surface area contributed by atoms with E-state index in [0.29, 0.717) is 19.5 Å². The van der Waals surface area contributed by atoms with Crippen molar-refractivity contribution in [2.24, 2.45) is 5.41 Å². The number of hydrogen-bond donors (Lipinski definition) is 4. The number of rotatable bonds is 30. The summed E-state index contributed by atoms with van der Waals surface area (Å²) in [7, 11) is 3.28. The average Bonchev–Trinajstić information content (AvgIpc) is 3.07. The summed E-state index contributed by atoms with van der Waals surface area (Å²) in [5.41, 5.74) is -1.12. The minimum Gasteiger partial charge on any atom is -0.383 e. The topological polar surface area (TPSA) is 117 Å². The maximum Gasteiger partial charge on any atom is 0.249 e. The number of hydrogen-bond acceptors (Lipinski definition) is 8. The van der Waals surface area contributed by atoms with E-state index in [1.165, 1.54) is 0 Å². The van der Waals surface area contributed by atoms with E-state index in [4.69, 9.17) is 4.74 Å². The summed E-state index contributed by atoms with van der Waals surface area (Å²) in [5.74, 6) is 1.66. The molecule has 0 unspecified atom stereocenters. The van der Waals surface area contributed by atoms with Gasteiger partial charge in [-0.05, 0) is 58.6 Å². The van der Waals surface area contributed by atoms with Crippen LogP contribution in [0.1, 0.15) is 86.0 Å². The molecule has 0 aromatic carbocycles. The van der Waals surface area contributed by atoms with Crippen molar-refractivity contribution >= 4 is 51.1 Å². The third-order valence-electron chi connectivity index (χ3n) is 6.96.